The minimum absolute atomic E-state index is 0.0277. The number of aryl methyl sites for hydroxylation is 1. The van der Waals surface area contributed by atoms with Crippen LogP contribution in [0.2, 0.25) is 0 Å². The number of halogens is 3. The second-order valence-electron chi connectivity index (χ2n) is 7.76. The van der Waals surface area contributed by atoms with E-state index in [1.807, 2.05) is 0 Å². The van der Waals surface area contributed by atoms with Crippen LogP contribution in [0.3, 0.4) is 0 Å². The molecule has 0 radical (unpaired) electrons. The van der Waals surface area contributed by atoms with Gasteiger partial charge in [0.1, 0.15) is 5.82 Å². The molecule has 2 amide bonds. The molecule has 4 rings (SSSR count). The van der Waals surface area contributed by atoms with Crippen LogP contribution in [-0.2, 0) is 11.0 Å². The Morgan fingerprint density at radius 2 is 1.60 bits per heavy atom. The smallest absolute Gasteiger partial charge is 0.325 e. The van der Waals surface area contributed by atoms with E-state index in [0.717, 1.165) is 18.2 Å². The highest BCUT2D eigenvalue weighted by Crippen LogP contribution is 2.34. The Kier molecular flexibility index (Phi) is 6.12. The summed E-state index contributed by atoms with van der Waals surface area (Å²) in [4.78, 5) is 41.6. The third-order valence-corrected chi connectivity index (χ3v) is 5.24. The minimum Gasteiger partial charge on any atom is -0.325 e. The molecule has 0 spiro atoms. The van der Waals surface area contributed by atoms with Crippen LogP contribution in [0, 0.1) is 6.92 Å². The molecular formula is C25H19F3N4O3. The maximum atomic E-state index is 13.2. The van der Waals surface area contributed by atoms with Gasteiger partial charge in [-0.05, 0) is 61.5 Å². The van der Waals surface area contributed by atoms with E-state index in [1.54, 1.807) is 43.3 Å². The van der Waals surface area contributed by atoms with Crippen molar-refractivity contribution in [3.8, 4) is 5.69 Å². The maximum absolute atomic E-state index is 13.2. The molecule has 0 saturated carbocycles. The van der Waals surface area contributed by atoms with Crippen molar-refractivity contribution in [2.24, 2.45) is 0 Å². The van der Waals surface area contributed by atoms with Crippen molar-refractivity contribution < 1.29 is 22.8 Å². The maximum Gasteiger partial charge on any atom is 0.416 e. The van der Waals surface area contributed by atoms with Crippen molar-refractivity contribution in [3.63, 3.8) is 0 Å². The summed E-state index contributed by atoms with van der Waals surface area (Å²) in [5, 5.41) is 5.26. The lowest BCUT2D eigenvalue weighted by atomic mass is 10.1. The zero-order valence-corrected chi connectivity index (χ0v) is 18.6. The largest absolute Gasteiger partial charge is 0.416 e. The van der Waals surface area contributed by atoms with Crippen LogP contribution in [-0.4, -0.2) is 21.4 Å². The lowest BCUT2D eigenvalue weighted by Gasteiger charge is -2.15. The van der Waals surface area contributed by atoms with Gasteiger partial charge in [-0.25, -0.2) is 4.98 Å². The van der Waals surface area contributed by atoms with Gasteiger partial charge in [-0.15, -0.1) is 0 Å². The Labute approximate surface area is 197 Å². The van der Waals surface area contributed by atoms with Crippen LogP contribution in [0.25, 0.3) is 16.6 Å². The molecule has 0 unspecified atom stereocenters. The molecular weight excluding hydrogens is 461 g/mol. The van der Waals surface area contributed by atoms with Gasteiger partial charge < -0.3 is 10.6 Å². The fraction of sp³-hybridized carbons (Fsp3) is 0.120. The fourth-order valence-corrected chi connectivity index (χ4v) is 3.63. The number of benzene rings is 3. The van der Waals surface area contributed by atoms with Gasteiger partial charge in [0, 0.05) is 12.5 Å². The Morgan fingerprint density at radius 3 is 2.26 bits per heavy atom. The number of carbonyl (C=O) groups is 2. The van der Waals surface area contributed by atoms with Crippen molar-refractivity contribution in [1.82, 2.24) is 9.55 Å². The van der Waals surface area contributed by atoms with Crippen molar-refractivity contribution in [3.05, 3.63) is 94.0 Å². The lowest BCUT2D eigenvalue weighted by Crippen LogP contribution is -2.22. The number of hydrogen-bond acceptors (Lipinski definition) is 4. The monoisotopic (exact) mass is 480 g/mol. The molecule has 35 heavy (non-hydrogen) atoms. The van der Waals surface area contributed by atoms with Crippen molar-refractivity contribution in [1.29, 1.82) is 0 Å². The summed E-state index contributed by atoms with van der Waals surface area (Å²) in [6, 6.07) is 15.5. The topological polar surface area (TPSA) is 93.1 Å². The molecule has 0 aliphatic heterocycles. The van der Waals surface area contributed by atoms with E-state index in [0.29, 0.717) is 22.4 Å². The molecule has 178 valence electrons. The van der Waals surface area contributed by atoms with Gasteiger partial charge in [0.25, 0.3) is 11.5 Å². The van der Waals surface area contributed by atoms with Crippen molar-refractivity contribution in [2.45, 2.75) is 20.0 Å². The molecule has 10 heteroatoms. The van der Waals surface area contributed by atoms with Crippen LogP contribution < -0.4 is 16.2 Å². The van der Waals surface area contributed by atoms with Crippen LogP contribution in [0.5, 0.6) is 0 Å². The molecule has 0 atom stereocenters. The molecule has 0 aliphatic carbocycles. The third kappa shape index (κ3) is 4.91. The van der Waals surface area contributed by atoms with Crippen LogP contribution in [0.4, 0.5) is 24.5 Å². The number of fused-ring (bicyclic) bond motifs is 1. The molecule has 0 saturated heterocycles. The fourth-order valence-electron chi connectivity index (χ4n) is 3.63. The van der Waals surface area contributed by atoms with Gasteiger partial charge in [0.2, 0.25) is 5.91 Å². The van der Waals surface area contributed by atoms with Crippen molar-refractivity contribution in [2.75, 3.05) is 10.6 Å². The summed E-state index contributed by atoms with van der Waals surface area (Å²) in [7, 11) is 0. The van der Waals surface area contributed by atoms with Crippen LogP contribution in [0.15, 0.2) is 71.5 Å². The normalized spacial score (nSPS) is 11.3. The van der Waals surface area contributed by atoms with E-state index < -0.39 is 23.6 Å². The molecule has 0 aliphatic rings. The standard InChI is InChI=1S/C25H19F3N4O3/c1-14-29-20-6-4-3-5-19(20)24(35)32(14)18-10-7-16(8-11-18)23(34)31-22-13-17(25(26,27)28)9-12-21(22)30-15(2)33/h3-13H,1-2H3,(H,30,33)(H,31,34). The van der Waals surface area contributed by atoms with Gasteiger partial charge in [-0.1, -0.05) is 12.1 Å². The first-order chi connectivity index (χ1) is 16.5. The second-order valence-corrected chi connectivity index (χ2v) is 7.76. The van der Waals surface area contributed by atoms with E-state index in [2.05, 4.69) is 15.6 Å². The predicted octanol–water partition coefficient (Wildman–Crippen LogP) is 4.92. The van der Waals surface area contributed by atoms with E-state index in [4.69, 9.17) is 0 Å². The van der Waals surface area contributed by atoms with Crippen LogP contribution >= 0.6 is 0 Å². The third-order valence-electron chi connectivity index (χ3n) is 5.24. The summed E-state index contributed by atoms with van der Waals surface area (Å²) in [6.07, 6.45) is -4.63. The first-order valence-corrected chi connectivity index (χ1v) is 10.4. The minimum atomic E-state index is -4.63. The molecule has 0 bridgehead atoms. The average Bonchev–Trinajstić information content (AvgIpc) is 2.79. The Morgan fingerprint density at radius 1 is 0.914 bits per heavy atom. The van der Waals surface area contributed by atoms with Crippen LogP contribution in [0.1, 0.15) is 28.7 Å². The predicted molar refractivity (Wildman–Crippen MR) is 126 cm³/mol. The molecule has 3 aromatic carbocycles. The van der Waals surface area contributed by atoms with Gasteiger partial charge >= 0.3 is 6.18 Å². The molecule has 7 nitrogen and oxygen atoms in total. The quantitative estimate of drug-likeness (QED) is 0.434. The number of nitrogens with one attached hydrogen (secondary N) is 2. The van der Waals surface area contributed by atoms with Gasteiger partial charge in [-0.3, -0.25) is 19.0 Å². The Bertz CT molecular complexity index is 1510. The number of rotatable bonds is 4. The van der Waals surface area contributed by atoms with Gasteiger partial charge in [0.05, 0.1) is 33.5 Å². The first kappa shape index (κ1) is 23.7. The van der Waals surface area contributed by atoms with E-state index in [9.17, 15) is 27.6 Å². The number of amides is 2. The highest BCUT2D eigenvalue weighted by Gasteiger charge is 2.31. The highest BCUT2D eigenvalue weighted by atomic mass is 19.4. The number of alkyl halides is 3. The summed E-state index contributed by atoms with van der Waals surface area (Å²) >= 11 is 0. The van der Waals surface area contributed by atoms with E-state index in [1.165, 1.54) is 23.6 Å². The van der Waals surface area contributed by atoms with Crippen molar-refractivity contribution >= 4 is 34.1 Å². The summed E-state index contributed by atoms with van der Waals surface area (Å²) in [5.41, 5.74) is -0.238. The Balaban J connectivity index is 1.65. The number of nitrogens with zero attached hydrogens (tertiary/aromatic N) is 2. The number of aromatic nitrogens is 2. The molecule has 0 fully saturated rings. The molecule has 4 aromatic rings. The zero-order valence-electron chi connectivity index (χ0n) is 18.6. The number of carbonyl (C=O) groups excluding carboxylic acids is 2. The summed E-state index contributed by atoms with van der Waals surface area (Å²) < 4.78 is 40.9. The first-order valence-electron chi connectivity index (χ1n) is 10.4. The van der Waals surface area contributed by atoms with E-state index >= 15 is 0 Å². The molecule has 1 aromatic heterocycles. The Hall–Kier alpha value is -4.47. The highest BCUT2D eigenvalue weighted by molar-refractivity contribution is 6.07. The van der Waals surface area contributed by atoms with Gasteiger partial charge in [0.15, 0.2) is 0 Å². The number of anilines is 2. The second kappa shape index (κ2) is 9.05. The number of hydrogen-bond donors (Lipinski definition) is 2. The zero-order chi connectivity index (χ0) is 25.3. The lowest BCUT2D eigenvalue weighted by molar-refractivity contribution is -0.137. The molecule has 2 N–H and O–H groups in total. The average molecular weight is 480 g/mol. The summed E-state index contributed by atoms with van der Waals surface area (Å²) in [5.74, 6) is -0.743. The summed E-state index contributed by atoms with van der Waals surface area (Å²) in [6.45, 7) is 2.89. The van der Waals surface area contributed by atoms with Gasteiger partial charge in [-0.2, -0.15) is 13.2 Å². The number of para-hydroxylation sites is 1. The molecule has 1 heterocycles. The SMILES string of the molecule is CC(=O)Nc1ccc(C(F)(F)F)cc1NC(=O)c1ccc(-n2c(C)nc3ccccc3c2=O)cc1. The van der Waals surface area contributed by atoms with E-state index in [-0.39, 0.29) is 22.5 Å².